The van der Waals surface area contributed by atoms with Crippen molar-refractivity contribution in [2.45, 2.75) is 25.4 Å². The van der Waals surface area contributed by atoms with Crippen molar-refractivity contribution in [2.24, 2.45) is 0 Å². The molecule has 1 aliphatic carbocycles. The van der Waals surface area contributed by atoms with Gasteiger partial charge in [-0.15, -0.1) is 0 Å². The van der Waals surface area contributed by atoms with E-state index in [1.807, 2.05) is 18.2 Å². The number of nitrogens with one attached hydrogen (secondary N) is 1. The molecule has 1 aliphatic rings. The van der Waals surface area contributed by atoms with E-state index >= 15 is 0 Å². The molecule has 0 radical (unpaired) electrons. The van der Waals surface area contributed by atoms with Gasteiger partial charge < -0.3 is 19.2 Å². The largest absolute Gasteiger partial charge is 0.493 e. The number of rotatable bonds is 6. The van der Waals surface area contributed by atoms with Crippen molar-refractivity contribution in [2.75, 3.05) is 14.2 Å². The van der Waals surface area contributed by atoms with Crippen molar-refractivity contribution >= 4 is 0 Å². The van der Waals surface area contributed by atoms with Gasteiger partial charge in [-0.2, -0.15) is 0 Å². The number of benzene rings is 1. The van der Waals surface area contributed by atoms with E-state index in [0.717, 1.165) is 17.8 Å². The summed E-state index contributed by atoms with van der Waals surface area (Å²) in [5.74, 6) is 1.85. The highest BCUT2D eigenvalue weighted by Crippen LogP contribution is 2.37. The molecule has 1 heterocycles. The van der Waals surface area contributed by atoms with Crippen molar-refractivity contribution in [1.82, 2.24) is 10.3 Å². The quantitative estimate of drug-likeness (QED) is 0.877. The summed E-state index contributed by atoms with van der Waals surface area (Å²) >= 11 is 0. The number of para-hydroxylation sites is 1. The van der Waals surface area contributed by atoms with Gasteiger partial charge in [-0.05, 0) is 25.0 Å². The number of nitrogens with zero attached hydrogens (tertiary/aromatic N) is 1. The van der Waals surface area contributed by atoms with Gasteiger partial charge in [-0.3, -0.25) is 0 Å². The van der Waals surface area contributed by atoms with Crippen LogP contribution < -0.4 is 14.8 Å². The van der Waals surface area contributed by atoms with Gasteiger partial charge in [0.15, 0.2) is 11.5 Å². The average Bonchev–Trinajstić information content (AvgIpc) is 3.21. The van der Waals surface area contributed by atoms with Crippen molar-refractivity contribution in [1.29, 1.82) is 0 Å². The summed E-state index contributed by atoms with van der Waals surface area (Å²) in [5.41, 5.74) is 1.70. The van der Waals surface area contributed by atoms with Gasteiger partial charge in [0, 0.05) is 12.6 Å². The Bertz CT molecular complexity index is 591. The maximum Gasteiger partial charge on any atom is 0.230 e. The Morgan fingerprint density at radius 1 is 1.30 bits per heavy atom. The molecule has 20 heavy (non-hydrogen) atoms. The second-order valence-electron chi connectivity index (χ2n) is 4.84. The standard InChI is InChI=1S/C15H18N2O3/c1-18-13-5-3-4-12(14(13)19-2)15-17-11(9-20-15)8-16-10-6-7-10/h3-5,9-10,16H,6-8H2,1-2H3. The summed E-state index contributed by atoms with van der Waals surface area (Å²) in [6.45, 7) is 0.737. The van der Waals surface area contributed by atoms with Gasteiger partial charge in [0.05, 0.1) is 25.5 Å². The number of oxazole rings is 1. The van der Waals surface area contributed by atoms with Crippen LogP contribution >= 0.6 is 0 Å². The third-order valence-corrected chi connectivity index (χ3v) is 3.33. The molecule has 1 aromatic carbocycles. The molecule has 1 N–H and O–H groups in total. The molecule has 2 aromatic rings. The van der Waals surface area contributed by atoms with Crippen molar-refractivity contribution in [3.63, 3.8) is 0 Å². The molecule has 5 nitrogen and oxygen atoms in total. The Morgan fingerprint density at radius 2 is 2.15 bits per heavy atom. The van der Waals surface area contributed by atoms with Gasteiger partial charge in [0.2, 0.25) is 5.89 Å². The van der Waals surface area contributed by atoms with Crippen molar-refractivity contribution in [3.05, 3.63) is 30.2 Å². The van der Waals surface area contributed by atoms with Gasteiger partial charge in [0.1, 0.15) is 6.26 Å². The second-order valence-corrected chi connectivity index (χ2v) is 4.84. The fourth-order valence-electron chi connectivity index (χ4n) is 2.10. The third-order valence-electron chi connectivity index (χ3n) is 3.33. The SMILES string of the molecule is COc1cccc(-c2nc(CNC3CC3)co2)c1OC. The van der Waals surface area contributed by atoms with E-state index in [2.05, 4.69) is 10.3 Å². The van der Waals surface area contributed by atoms with E-state index in [4.69, 9.17) is 13.9 Å². The van der Waals surface area contributed by atoms with Gasteiger partial charge >= 0.3 is 0 Å². The molecular weight excluding hydrogens is 256 g/mol. The molecule has 0 spiro atoms. The lowest BCUT2D eigenvalue weighted by atomic mass is 10.2. The van der Waals surface area contributed by atoms with Gasteiger partial charge in [-0.1, -0.05) is 6.07 Å². The number of hydrogen-bond donors (Lipinski definition) is 1. The molecular formula is C15H18N2O3. The van der Waals surface area contributed by atoms with Crippen LogP contribution in [-0.4, -0.2) is 25.2 Å². The highest BCUT2D eigenvalue weighted by atomic mass is 16.5. The van der Waals surface area contributed by atoms with Crippen LogP contribution in [0.1, 0.15) is 18.5 Å². The van der Waals surface area contributed by atoms with Gasteiger partial charge in [0.25, 0.3) is 0 Å². The Morgan fingerprint density at radius 3 is 2.85 bits per heavy atom. The summed E-state index contributed by atoms with van der Waals surface area (Å²) < 4.78 is 16.2. The minimum Gasteiger partial charge on any atom is -0.493 e. The van der Waals surface area contributed by atoms with E-state index in [1.54, 1.807) is 20.5 Å². The fourth-order valence-corrected chi connectivity index (χ4v) is 2.10. The molecule has 0 aliphatic heterocycles. The Kier molecular flexibility index (Phi) is 3.60. The van der Waals surface area contributed by atoms with Gasteiger partial charge in [-0.25, -0.2) is 4.98 Å². The first-order valence-electron chi connectivity index (χ1n) is 6.71. The number of ether oxygens (including phenoxy) is 2. The molecule has 0 atom stereocenters. The minimum atomic E-state index is 0.549. The second kappa shape index (κ2) is 5.54. The summed E-state index contributed by atoms with van der Waals surface area (Å²) in [5, 5.41) is 3.41. The third kappa shape index (κ3) is 2.63. The Hall–Kier alpha value is -2.01. The predicted octanol–water partition coefficient (Wildman–Crippen LogP) is 2.61. The smallest absolute Gasteiger partial charge is 0.230 e. The first-order valence-corrected chi connectivity index (χ1v) is 6.71. The van der Waals surface area contributed by atoms with E-state index in [-0.39, 0.29) is 0 Å². The maximum atomic E-state index is 5.56. The zero-order valence-electron chi connectivity index (χ0n) is 11.7. The zero-order chi connectivity index (χ0) is 13.9. The van der Waals surface area contributed by atoms with E-state index < -0.39 is 0 Å². The van der Waals surface area contributed by atoms with Crippen LogP contribution in [0.2, 0.25) is 0 Å². The van der Waals surface area contributed by atoms with Crippen molar-refractivity contribution < 1.29 is 13.9 Å². The van der Waals surface area contributed by atoms with Crippen LogP contribution in [0.3, 0.4) is 0 Å². The normalized spacial score (nSPS) is 14.3. The molecule has 3 rings (SSSR count). The molecule has 1 aromatic heterocycles. The fraction of sp³-hybridized carbons (Fsp3) is 0.400. The molecule has 0 saturated heterocycles. The lowest BCUT2D eigenvalue weighted by molar-refractivity contribution is 0.355. The number of methoxy groups -OCH3 is 2. The molecule has 0 bridgehead atoms. The van der Waals surface area contributed by atoms with Crippen LogP contribution in [0.4, 0.5) is 0 Å². The average molecular weight is 274 g/mol. The van der Waals surface area contributed by atoms with E-state index in [9.17, 15) is 0 Å². The van der Waals surface area contributed by atoms with Crippen LogP contribution in [0.25, 0.3) is 11.5 Å². The van der Waals surface area contributed by atoms with Crippen LogP contribution in [0.15, 0.2) is 28.9 Å². The lowest BCUT2D eigenvalue weighted by Crippen LogP contribution is -2.15. The zero-order valence-corrected chi connectivity index (χ0v) is 11.7. The number of aromatic nitrogens is 1. The van der Waals surface area contributed by atoms with Crippen molar-refractivity contribution in [3.8, 4) is 23.0 Å². The summed E-state index contributed by atoms with van der Waals surface area (Å²) in [4.78, 5) is 4.50. The topological polar surface area (TPSA) is 56.5 Å². The molecule has 0 amide bonds. The maximum absolute atomic E-state index is 5.56. The number of hydrogen-bond acceptors (Lipinski definition) is 5. The molecule has 5 heteroatoms. The first-order chi connectivity index (χ1) is 9.81. The van der Waals surface area contributed by atoms with Crippen LogP contribution in [-0.2, 0) is 6.54 Å². The highest BCUT2D eigenvalue weighted by Gasteiger charge is 2.21. The lowest BCUT2D eigenvalue weighted by Gasteiger charge is -2.09. The molecule has 0 unspecified atom stereocenters. The predicted molar refractivity (Wildman–Crippen MR) is 74.9 cm³/mol. The van der Waals surface area contributed by atoms with Crippen LogP contribution in [0, 0.1) is 0 Å². The molecule has 1 fully saturated rings. The van der Waals surface area contributed by atoms with E-state index in [1.165, 1.54) is 12.8 Å². The summed E-state index contributed by atoms with van der Waals surface area (Å²) in [7, 11) is 3.22. The monoisotopic (exact) mass is 274 g/mol. The minimum absolute atomic E-state index is 0.549. The first kappa shape index (κ1) is 13.0. The van der Waals surface area contributed by atoms with E-state index in [0.29, 0.717) is 23.4 Å². The summed E-state index contributed by atoms with van der Waals surface area (Å²) in [6, 6.07) is 6.30. The van der Waals surface area contributed by atoms with Crippen LogP contribution in [0.5, 0.6) is 11.5 Å². The summed E-state index contributed by atoms with van der Waals surface area (Å²) in [6.07, 6.45) is 4.20. The molecule has 106 valence electrons. The highest BCUT2D eigenvalue weighted by molar-refractivity contribution is 5.67. The molecule has 1 saturated carbocycles. The Labute approximate surface area is 117 Å². The Balaban J connectivity index is 1.84.